The number of aromatic carboxylic acids is 2. The minimum atomic E-state index is -1.21. The Morgan fingerprint density at radius 3 is 1.95 bits per heavy atom. The Morgan fingerprint density at radius 1 is 0.850 bits per heavy atom. The lowest BCUT2D eigenvalue weighted by molar-refractivity contribution is 0.0696. The molecule has 0 aliphatic heterocycles. The van der Waals surface area contributed by atoms with E-state index in [0.29, 0.717) is 23.0 Å². The van der Waals surface area contributed by atoms with E-state index in [1.165, 1.54) is 12.1 Å². The van der Waals surface area contributed by atoms with Gasteiger partial charge in [-0.05, 0) is 35.4 Å². The summed E-state index contributed by atoms with van der Waals surface area (Å²) in [5, 5.41) is 18.0. The third-order valence-corrected chi connectivity index (χ3v) is 2.78. The number of carbonyl (C=O) groups excluding carboxylic acids is 1. The third kappa shape index (κ3) is 2.72. The summed E-state index contributed by atoms with van der Waals surface area (Å²) in [6, 6.07) is 10.3. The van der Waals surface area contributed by atoms with Crippen LogP contribution >= 0.6 is 0 Å². The number of hydrogen-bond acceptors (Lipinski definition) is 3. The summed E-state index contributed by atoms with van der Waals surface area (Å²) in [6.45, 7) is 0. The first-order chi connectivity index (χ1) is 9.51. The zero-order valence-electron chi connectivity index (χ0n) is 10.2. The van der Waals surface area contributed by atoms with Crippen molar-refractivity contribution in [2.75, 3.05) is 0 Å². The van der Waals surface area contributed by atoms with E-state index in [4.69, 9.17) is 10.2 Å². The van der Waals surface area contributed by atoms with Crippen molar-refractivity contribution in [3.8, 4) is 11.1 Å². The molecule has 0 saturated heterocycles. The summed E-state index contributed by atoms with van der Waals surface area (Å²) in [6.07, 6.45) is 0.669. The molecule has 0 spiro atoms. The Bertz CT molecular complexity index is 671. The van der Waals surface area contributed by atoms with Crippen molar-refractivity contribution in [1.82, 2.24) is 0 Å². The van der Waals surface area contributed by atoms with Crippen molar-refractivity contribution >= 4 is 18.2 Å². The van der Waals surface area contributed by atoms with Gasteiger partial charge in [0.1, 0.15) is 6.29 Å². The number of aldehydes is 1. The average Bonchev–Trinajstić information content (AvgIpc) is 2.46. The van der Waals surface area contributed by atoms with Crippen LogP contribution in [-0.2, 0) is 0 Å². The van der Waals surface area contributed by atoms with E-state index >= 15 is 0 Å². The maximum atomic E-state index is 11.0. The smallest absolute Gasteiger partial charge is 0.335 e. The average molecular weight is 270 g/mol. The SMILES string of the molecule is O=Cc1cccc(-c2cc(C(=O)O)cc(C(=O)O)c2)c1. The Labute approximate surface area is 114 Å². The molecular formula is C15H10O5. The molecule has 0 atom stereocenters. The van der Waals surface area contributed by atoms with Crippen LogP contribution in [0.5, 0.6) is 0 Å². The molecule has 0 aliphatic carbocycles. The number of carbonyl (C=O) groups is 3. The van der Waals surface area contributed by atoms with Gasteiger partial charge in [-0.15, -0.1) is 0 Å². The normalized spacial score (nSPS) is 10.0. The van der Waals surface area contributed by atoms with Crippen LogP contribution in [-0.4, -0.2) is 28.4 Å². The van der Waals surface area contributed by atoms with Crippen LogP contribution in [0.15, 0.2) is 42.5 Å². The van der Waals surface area contributed by atoms with Crippen LogP contribution in [0.2, 0.25) is 0 Å². The van der Waals surface area contributed by atoms with Gasteiger partial charge >= 0.3 is 11.9 Å². The number of benzene rings is 2. The van der Waals surface area contributed by atoms with Crippen molar-refractivity contribution in [1.29, 1.82) is 0 Å². The van der Waals surface area contributed by atoms with E-state index in [0.717, 1.165) is 6.07 Å². The molecule has 2 N–H and O–H groups in total. The minimum absolute atomic E-state index is 0.114. The lowest BCUT2D eigenvalue weighted by Gasteiger charge is -2.06. The molecule has 5 heteroatoms. The van der Waals surface area contributed by atoms with Crippen LogP contribution in [0.1, 0.15) is 31.1 Å². The second kappa shape index (κ2) is 5.36. The highest BCUT2D eigenvalue weighted by Crippen LogP contribution is 2.23. The van der Waals surface area contributed by atoms with Crippen molar-refractivity contribution in [2.45, 2.75) is 0 Å². The number of carboxylic acids is 2. The lowest BCUT2D eigenvalue weighted by atomic mass is 9.98. The van der Waals surface area contributed by atoms with E-state index in [1.807, 2.05) is 0 Å². The quantitative estimate of drug-likeness (QED) is 0.833. The van der Waals surface area contributed by atoms with Gasteiger partial charge in [0.2, 0.25) is 0 Å². The van der Waals surface area contributed by atoms with Gasteiger partial charge in [0, 0.05) is 5.56 Å². The molecule has 0 heterocycles. The van der Waals surface area contributed by atoms with Gasteiger partial charge < -0.3 is 10.2 Å². The first-order valence-electron chi connectivity index (χ1n) is 5.68. The van der Waals surface area contributed by atoms with Crippen LogP contribution < -0.4 is 0 Å². The highest BCUT2D eigenvalue weighted by Gasteiger charge is 2.12. The summed E-state index contributed by atoms with van der Waals surface area (Å²) in [5.41, 5.74) is 1.22. The Balaban J connectivity index is 2.62. The minimum Gasteiger partial charge on any atom is -0.478 e. The van der Waals surface area contributed by atoms with Gasteiger partial charge in [-0.25, -0.2) is 9.59 Å². The van der Waals surface area contributed by atoms with E-state index < -0.39 is 11.9 Å². The molecule has 0 bridgehead atoms. The van der Waals surface area contributed by atoms with E-state index in [2.05, 4.69) is 0 Å². The van der Waals surface area contributed by atoms with Gasteiger partial charge in [0.25, 0.3) is 0 Å². The molecule has 0 radical (unpaired) electrons. The van der Waals surface area contributed by atoms with Crippen LogP contribution in [0.25, 0.3) is 11.1 Å². The predicted octanol–water partition coefficient (Wildman–Crippen LogP) is 2.56. The molecule has 0 fully saturated rings. The second-order valence-electron chi connectivity index (χ2n) is 4.15. The molecule has 0 amide bonds. The Kier molecular flexibility index (Phi) is 3.61. The molecule has 20 heavy (non-hydrogen) atoms. The summed E-state index contributed by atoms with van der Waals surface area (Å²) >= 11 is 0. The maximum Gasteiger partial charge on any atom is 0.335 e. The lowest BCUT2D eigenvalue weighted by Crippen LogP contribution is -2.03. The van der Waals surface area contributed by atoms with Crippen molar-refractivity contribution < 1.29 is 24.6 Å². The van der Waals surface area contributed by atoms with Crippen molar-refractivity contribution in [3.05, 3.63) is 59.2 Å². The Morgan fingerprint density at radius 2 is 1.45 bits per heavy atom. The zero-order valence-corrected chi connectivity index (χ0v) is 10.2. The standard InChI is InChI=1S/C15H10O5/c16-8-9-2-1-3-10(4-9)11-5-12(14(17)18)7-13(6-11)15(19)20/h1-8H,(H,17,18)(H,19,20). The monoisotopic (exact) mass is 270 g/mol. The molecule has 0 aliphatic rings. The van der Waals surface area contributed by atoms with Gasteiger partial charge in [-0.2, -0.15) is 0 Å². The summed E-state index contributed by atoms with van der Waals surface area (Å²) in [5.74, 6) is -2.42. The zero-order chi connectivity index (χ0) is 14.7. The summed E-state index contributed by atoms with van der Waals surface area (Å²) in [7, 11) is 0. The number of hydrogen-bond donors (Lipinski definition) is 2. The largest absolute Gasteiger partial charge is 0.478 e. The molecule has 2 aromatic carbocycles. The first kappa shape index (κ1) is 13.5. The molecule has 2 rings (SSSR count). The van der Waals surface area contributed by atoms with Crippen LogP contribution in [0.4, 0.5) is 0 Å². The topological polar surface area (TPSA) is 91.7 Å². The summed E-state index contributed by atoms with van der Waals surface area (Å²) < 4.78 is 0. The molecule has 5 nitrogen and oxygen atoms in total. The fourth-order valence-corrected chi connectivity index (χ4v) is 1.83. The van der Waals surface area contributed by atoms with Gasteiger partial charge in [-0.3, -0.25) is 4.79 Å². The van der Waals surface area contributed by atoms with Crippen molar-refractivity contribution in [3.63, 3.8) is 0 Å². The molecule has 0 aromatic heterocycles. The number of rotatable bonds is 4. The van der Waals surface area contributed by atoms with Crippen molar-refractivity contribution in [2.24, 2.45) is 0 Å². The van der Waals surface area contributed by atoms with E-state index in [1.54, 1.807) is 24.3 Å². The highest BCUT2D eigenvalue weighted by atomic mass is 16.4. The molecule has 0 saturated carbocycles. The fourth-order valence-electron chi connectivity index (χ4n) is 1.83. The van der Waals surface area contributed by atoms with E-state index in [9.17, 15) is 14.4 Å². The molecule has 100 valence electrons. The fraction of sp³-hybridized carbons (Fsp3) is 0. The second-order valence-corrected chi connectivity index (χ2v) is 4.15. The van der Waals surface area contributed by atoms with Gasteiger partial charge in [-0.1, -0.05) is 18.2 Å². The summed E-state index contributed by atoms with van der Waals surface area (Å²) in [4.78, 5) is 32.8. The van der Waals surface area contributed by atoms with Gasteiger partial charge in [0.05, 0.1) is 11.1 Å². The van der Waals surface area contributed by atoms with Crippen LogP contribution in [0, 0.1) is 0 Å². The third-order valence-electron chi connectivity index (χ3n) is 2.78. The molecule has 0 unspecified atom stereocenters. The van der Waals surface area contributed by atoms with Crippen LogP contribution in [0.3, 0.4) is 0 Å². The van der Waals surface area contributed by atoms with Gasteiger partial charge in [0.15, 0.2) is 0 Å². The Hall–Kier alpha value is -2.95. The predicted molar refractivity (Wildman–Crippen MR) is 71.2 cm³/mol. The first-order valence-corrected chi connectivity index (χ1v) is 5.68. The number of carboxylic acid groups (broad SMARTS) is 2. The highest BCUT2D eigenvalue weighted by molar-refractivity contribution is 5.96. The molecule has 2 aromatic rings. The van der Waals surface area contributed by atoms with E-state index in [-0.39, 0.29) is 11.1 Å². The molecular weight excluding hydrogens is 260 g/mol. The maximum absolute atomic E-state index is 11.0.